The van der Waals surface area contributed by atoms with Gasteiger partial charge in [0.2, 0.25) is 0 Å². The normalized spacial score (nSPS) is 11.5. The molecule has 1 unspecified atom stereocenters. The third-order valence-corrected chi connectivity index (χ3v) is 2.82. The number of carbonyl (C=O) groups is 2. The largest absolute Gasteiger partial charge is 0.340 e. The first-order valence-electron chi connectivity index (χ1n) is 6.24. The van der Waals surface area contributed by atoms with Crippen molar-refractivity contribution >= 4 is 11.8 Å². The fraction of sp³-hybridized carbons (Fsp3) is 0.143. The van der Waals surface area contributed by atoms with Gasteiger partial charge < -0.3 is 5.32 Å². The summed E-state index contributed by atoms with van der Waals surface area (Å²) in [6.07, 6.45) is 6.36. The van der Waals surface area contributed by atoms with E-state index in [2.05, 4.69) is 15.3 Å². The number of rotatable bonds is 5. The third kappa shape index (κ3) is 4.08. The lowest BCUT2D eigenvalue weighted by Gasteiger charge is -2.16. The summed E-state index contributed by atoms with van der Waals surface area (Å²) in [7, 11) is 0. The van der Waals surface area contributed by atoms with Gasteiger partial charge in [-0.25, -0.2) is 5.48 Å². The predicted octanol–water partition coefficient (Wildman–Crippen LogP) is 0.323. The van der Waals surface area contributed by atoms with Crippen molar-refractivity contribution in [1.82, 2.24) is 20.8 Å². The molecule has 0 spiro atoms. The van der Waals surface area contributed by atoms with Crippen LogP contribution in [-0.2, 0) is 11.2 Å². The standard InChI is InChI=1S/C14H14N4O3/c19-13(11-4-2-6-16-9-11)17-12(14(20)18-21)7-10-3-1-5-15-8-10/h1-6,8-9,12,21H,7H2,(H,17,19)(H,18,20). The maximum atomic E-state index is 12.0. The molecule has 7 nitrogen and oxygen atoms in total. The molecule has 0 aliphatic carbocycles. The van der Waals surface area contributed by atoms with E-state index in [1.807, 2.05) is 0 Å². The van der Waals surface area contributed by atoms with Gasteiger partial charge in [-0.1, -0.05) is 6.07 Å². The fourth-order valence-corrected chi connectivity index (χ4v) is 1.78. The van der Waals surface area contributed by atoms with E-state index < -0.39 is 17.9 Å². The maximum absolute atomic E-state index is 12.0. The van der Waals surface area contributed by atoms with Crippen molar-refractivity contribution in [3.63, 3.8) is 0 Å². The first-order valence-corrected chi connectivity index (χ1v) is 6.24. The summed E-state index contributed by atoms with van der Waals surface area (Å²) < 4.78 is 0. The second-order valence-corrected chi connectivity index (χ2v) is 4.31. The van der Waals surface area contributed by atoms with Gasteiger partial charge in [0.1, 0.15) is 6.04 Å². The van der Waals surface area contributed by atoms with Crippen LogP contribution in [0.2, 0.25) is 0 Å². The van der Waals surface area contributed by atoms with Gasteiger partial charge in [-0.15, -0.1) is 0 Å². The molecule has 2 heterocycles. The monoisotopic (exact) mass is 286 g/mol. The highest BCUT2D eigenvalue weighted by Crippen LogP contribution is 2.04. The lowest BCUT2D eigenvalue weighted by molar-refractivity contribution is -0.131. The number of aromatic nitrogens is 2. The number of hydrogen-bond acceptors (Lipinski definition) is 5. The van der Waals surface area contributed by atoms with E-state index in [-0.39, 0.29) is 6.42 Å². The SMILES string of the molecule is O=C(NC(Cc1cccnc1)C(=O)NO)c1cccnc1. The van der Waals surface area contributed by atoms with Gasteiger partial charge in [-0.3, -0.25) is 24.8 Å². The Morgan fingerprint density at radius 3 is 2.43 bits per heavy atom. The van der Waals surface area contributed by atoms with Crippen LogP contribution in [0.1, 0.15) is 15.9 Å². The second kappa shape index (κ2) is 7.11. The second-order valence-electron chi connectivity index (χ2n) is 4.31. The van der Waals surface area contributed by atoms with Crippen molar-refractivity contribution in [1.29, 1.82) is 0 Å². The van der Waals surface area contributed by atoms with E-state index in [1.54, 1.807) is 48.3 Å². The summed E-state index contributed by atoms with van der Waals surface area (Å²) in [5.74, 6) is -1.14. The number of nitrogens with zero attached hydrogens (tertiary/aromatic N) is 2. The molecule has 2 aromatic heterocycles. The minimum Gasteiger partial charge on any atom is -0.340 e. The van der Waals surface area contributed by atoms with Gasteiger partial charge in [-0.2, -0.15) is 0 Å². The van der Waals surface area contributed by atoms with E-state index in [0.717, 1.165) is 5.56 Å². The Labute approximate surface area is 121 Å². The van der Waals surface area contributed by atoms with Crippen LogP contribution in [0.4, 0.5) is 0 Å². The number of nitrogens with one attached hydrogen (secondary N) is 2. The minimum absolute atomic E-state index is 0.215. The van der Waals surface area contributed by atoms with Crippen molar-refractivity contribution in [2.24, 2.45) is 0 Å². The van der Waals surface area contributed by atoms with E-state index in [1.165, 1.54) is 6.20 Å². The lowest BCUT2D eigenvalue weighted by atomic mass is 10.1. The molecule has 0 saturated heterocycles. The van der Waals surface area contributed by atoms with Gasteiger partial charge >= 0.3 is 0 Å². The van der Waals surface area contributed by atoms with Crippen LogP contribution in [0.25, 0.3) is 0 Å². The van der Waals surface area contributed by atoms with Crippen molar-refractivity contribution in [2.45, 2.75) is 12.5 Å². The molecular weight excluding hydrogens is 272 g/mol. The Morgan fingerprint density at radius 1 is 1.14 bits per heavy atom. The minimum atomic E-state index is -0.910. The summed E-state index contributed by atoms with van der Waals surface area (Å²) in [5.41, 5.74) is 2.65. The molecular formula is C14H14N4O3. The zero-order valence-electron chi connectivity index (χ0n) is 11.1. The van der Waals surface area contributed by atoms with Crippen molar-refractivity contribution in [3.05, 3.63) is 60.2 Å². The third-order valence-electron chi connectivity index (χ3n) is 2.82. The van der Waals surface area contributed by atoms with Crippen LogP contribution >= 0.6 is 0 Å². The zero-order valence-corrected chi connectivity index (χ0v) is 11.1. The van der Waals surface area contributed by atoms with Crippen LogP contribution < -0.4 is 10.8 Å². The van der Waals surface area contributed by atoms with Gasteiger partial charge in [0, 0.05) is 31.2 Å². The Bertz CT molecular complexity index is 604. The molecule has 0 bridgehead atoms. The number of amides is 2. The van der Waals surface area contributed by atoms with Gasteiger partial charge in [-0.05, 0) is 23.8 Å². The summed E-state index contributed by atoms with van der Waals surface area (Å²) >= 11 is 0. The topological polar surface area (TPSA) is 104 Å². The molecule has 21 heavy (non-hydrogen) atoms. The number of hydrogen-bond donors (Lipinski definition) is 3. The summed E-state index contributed by atoms with van der Waals surface area (Å²) in [6.45, 7) is 0. The van der Waals surface area contributed by atoms with E-state index in [4.69, 9.17) is 5.21 Å². The van der Waals surface area contributed by atoms with Crippen LogP contribution in [0.3, 0.4) is 0 Å². The highest BCUT2D eigenvalue weighted by molar-refractivity contribution is 5.97. The van der Waals surface area contributed by atoms with E-state index in [9.17, 15) is 9.59 Å². The Morgan fingerprint density at radius 2 is 1.86 bits per heavy atom. The maximum Gasteiger partial charge on any atom is 0.266 e. The van der Waals surface area contributed by atoms with Crippen molar-refractivity contribution in [3.8, 4) is 0 Å². The molecule has 0 fully saturated rings. The molecule has 0 aromatic carbocycles. The average Bonchev–Trinajstić information content (AvgIpc) is 2.55. The molecule has 0 radical (unpaired) electrons. The van der Waals surface area contributed by atoms with Crippen LogP contribution in [0, 0.1) is 0 Å². The summed E-state index contributed by atoms with van der Waals surface area (Å²) in [4.78, 5) is 31.5. The molecule has 2 rings (SSSR count). The molecule has 2 amide bonds. The van der Waals surface area contributed by atoms with Crippen LogP contribution in [0.5, 0.6) is 0 Å². The number of carbonyl (C=O) groups excluding carboxylic acids is 2. The number of pyridine rings is 2. The summed E-state index contributed by atoms with van der Waals surface area (Å²) in [5, 5.41) is 11.3. The van der Waals surface area contributed by atoms with Crippen molar-refractivity contribution < 1.29 is 14.8 Å². The molecule has 0 aliphatic rings. The van der Waals surface area contributed by atoms with Crippen LogP contribution in [-0.4, -0.2) is 33.0 Å². The van der Waals surface area contributed by atoms with Gasteiger partial charge in [0.05, 0.1) is 5.56 Å². The molecule has 7 heteroatoms. The summed E-state index contributed by atoms with van der Waals surface area (Å²) in [6, 6.07) is 5.80. The van der Waals surface area contributed by atoms with E-state index in [0.29, 0.717) is 5.56 Å². The molecule has 0 saturated carbocycles. The lowest BCUT2D eigenvalue weighted by Crippen LogP contribution is -2.47. The van der Waals surface area contributed by atoms with Gasteiger partial charge in [0.25, 0.3) is 11.8 Å². The Hall–Kier alpha value is -2.80. The highest BCUT2D eigenvalue weighted by atomic mass is 16.5. The Balaban J connectivity index is 2.10. The smallest absolute Gasteiger partial charge is 0.266 e. The first-order chi connectivity index (χ1) is 10.2. The molecule has 3 N–H and O–H groups in total. The highest BCUT2D eigenvalue weighted by Gasteiger charge is 2.21. The molecule has 1 atom stereocenters. The number of hydroxylamine groups is 1. The quantitative estimate of drug-likeness (QED) is 0.542. The predicted molar refractivity (Wildman–Crippen MR) is 73.4 cm³/mol. The fourth-order valence-electron chi connectivity index (χ4n) is 1.78. The van der Waals surface area contributed by atoms with Crippen molar-refractivity contribution in [2.75, 3.05) is 0 Å². The molecule has 0 aliphatic heterocycles. The van der Waals surface area contributed by atoms with Gasteiger partial charge in [0.15, 0.2) is 0 Å². The Kier molecular flexibility index (Phi) is 4.94. The average molecular weight is 286 g/mol. The molecule has 2 aromatic rings. The van der Waals surface area contributed by atoms with E-state index >= 15 is 0 Å². The zero-order chi connectivity index (χ0) is 15.1. The van der Waals surface area contributed by atoms with Crippen LogP contribution in [0.15, 0.2) is 49.1 Å². The molecule has 108 valence electrons. The first kappa shape index (κ1) is 14.6.